The lowest BCUT2D eigenvalue weighted by Crippen LogP contribution is -2.49. The highest BCUT2D eigenvalue weighted by Gasteiger charge is 2.20. The van der Waals surface area contributed by atoms with E-state index in [-0.39, 0.29) is 5.75 Å². The molecule has 0 spiro atoms. The Morgan fingerprint density at radius 3 is 2.73 bits per heavy atom. The molecule has 0 aromatic carbocycles. The van der Waals surface area contributed by atoms with Gasteiger partial charge >= 0.3 is 0 Å². The monoisotopic (exact) mass is 400 g/mol. The molecule has 0 radical (unpaired) electrons. The number of nitrogens with zero attached hydrogens (tertiary/aromatic N) is 2. The van der Waals surface area contributed by atoms with Gasteiger partial charge in [0.2, 0.25) is 0 Å². The van der Waals surface area contributed by atoms with Gasteiger partial charge in [-0.1, -0.05) is 6.92 Å². The van der Waals surface area contributed by atoms with Crippen LogP contribution in [0.4, 0.5) is 0 Å². The van der Waals surface area contributed by atoms with Gasteiger partial charge in [-0.05, 0) is 42.2 Å². The van der Waals surface area contributed by atoms with Crippen molar-refractivity contribution < 1.29 is 8.42 Å². The molecule has 0 saturated carbocycles. The Bertz CT molecular complexity index is 651. The van der Waals surface area contributed by atoms with E-state index < -0.39 is 9.84 Å². The van der Waals surface area contributed by atoms with E-state index in [4.69, 9.17) is 4.99 Å². The number of nitrogens with one attached hydrogen (secondary N) is 2. The predicted molar refractivity (Wildman–Crippen MR) is 111 cm³/mol. The molecular weight excluding hydrogens is 368 g/mol. The zero-order valence-electron chi connectivity index (χ0n) is 16.1. The second kappa shape index (κ2) is 10.3. The van der Waals surface area contributed by atoms with Crippen LogP contribution in [0.2, 0.25) is 0 Å². The summed E-state index contributed by atoms with van der Waals surface area (Å²) in [5.74, 6) is 1.54. The van der Waals surface area contributed by atoms with Crippen molar-refractivity contribution in [2.45, 2.75) is 38.6 Å². The van der Waals surface area contributed by atoms with Crippen LogP contribution in [0.25, 0.3) is 0 Å². The zero-order valence-corrected chi connectivity index (χ0v) is 17.7. The quantitative estimate of drug-likeness (QED) is 0.515. The van der Waals surface area contributed by atoms with Crippen molar-refractivity contribution in [1.82, 2.24) is 15.5 Å². The topological polar surface area (TPSA) is 73.8 Å². The van der Waals surface area contributed by atoms with Crippen LogP contribution in [-0.4, -0.2) is 70.1 Å². The fourth-order valence-corrected chi connectivity index (χ4v) is 4.37. The van der Waals surface area contributed by atoms with Crippen LogP contribution in [-0.2, 0) is 9.84 Å². The van der Waals surface area contributed by atoms with Gasteiger partial charge < -0.3 is 15.5 Å². The molecule has 1 fully saturated rings. The summed E-state index contributed by atoms with van der Waals surface area (Å²) < 4.78 is 22.6. The molecule has 26 heavy (non-hydrogen) atoms. The van der Waals surface area contributed by atoms with Gasteiger partial charge in [0.25, 0.3) is 0 Å². The van der Waals surface area contributed by atoms with Crippen molar-refractivity contribution >= 4 is 27.1 Å². The second-order valence-corrected chi connectivity index (χ2v) is 10.1. The van der Waals surface area contributed by atoms with E-state index in [1.54, 1.807) is 11.3 Å². The number of likely N-dealkylation sites (tertiary alicyclic amines) is 1. The lowest BCUT2D eigenvalue weighted by atomic mass is 10.1. The molecule has 1 aromatic rings. The first-order chi connectivity index (χ1) is 12.4. The molecule has 1 aliphatic rings. The van der Waals surface area contributed by atoms with Gasteiger partial charge in [-0.3, -0.25) is 4.99 Å². The second-order valence-electron chi connectivity index (χ2n) is 7.07. The van der Waals surface area contributed by atoms with Crippen molar-refractivity contribution in [3.8, 4) is 0 Å². The van der Waals surface area contributed by atoms with Crippen molar-refractivity contribution in [3.63, 3.8) is 0 Å². The van der Waals surface area contributed by atoms with Crippen LogP contribution in [0.3, 0.4) is 0 Å². The van der Waals surface area contributed by atoms with Crippen LogP contribution in [0.1, 0.15) is 38.2 Å². The molecule has 1 saturated heterocycles. The van der Waals surface area contributed by atoms with E-state index in [9.17, 15) is 8.42 Å². The van der Waals surface area contributed by atoms with Crippen molar-refractivity contribution in [1.29, 1.82) is 0 Å². The van der Waals surface area contributed by atoms with E-state index in [1.807, 2.05) is 0 Å². The average Bonchev–Trinajstić information content (AvgIpc) is 3.13. The molecule has 0 bridgehead atoms. The molecule has 1 unspecified atom stereocenters. The number of aliphatic imine (C=N–C) groups is 1. The predicted octanol–water partition coefficient (Wildman–Crippen LogP) is 1.92. The molecule has 6 nitrogen and oxygen atoms in total. The number of guanidine groups is 1. The highest BCUT2D eigenvalue weighted by molar-refractivity contribution is 7.90. The molecule has 1 aromatic heterocycles. The Labute approximate surface area is 162 Å². The summed E-state index contributed by atoms with van der Waals surface area (Å²) in [7, 11) is -2.88. The Balaban J connectivity index is 1.80. The molecule has 2 heterocycles. The summed E-state index contributed by atoms with van der Waals surface area (Å²) in [5.41, 5.74) is 1.34. The molecular formula is C18H32N4O2S2. The summed E-state index contributed by atoms with van der Waals surface area (Å²) in [4.78, 5) is 7.00. The Hall–Kier alpha value is -1.12. The summed E-state index contributed by atoms with van der Waals surface area (Å²) >= 11 is 1.72. The molecule has 8 heteroatoms. The highest BCUT2D eigenvalue weighted by Crippen LogP contribution is 2.18. The van der Waals surface area contributed by atoms with Gasteiger partial charge in [0, 0.05) is 50.9 Å². The number of hydrogen-bond acceptors (Lipinski definition) is 5. The summed E-state index contributed by atoms with van der Waals surface area (Å²) in [6.07, 6.45) is 3.32. The van der Waals surface area contributed by atoms with Crippen molar-refractivity contribution in [2.75, 3.05) is 44.7 Å². The minimum Gasteiger partial charge on any atom is -0.357 e. The van der Waals surface area contributed by atoms with Crippen LogP contribution in [0.5, 0.6) is 0 Å². The van der Waals surface area contributed by atoms with Crippen LogP contribution in [0.15, 0.2) is 21.8 Å². The molecule has 1 atom stereocenters. The summed E-state index contributed by atoms with van der Waals surface area (Å²) in [6.45, 7) is 8.38. The maximum atomic E-state index is 11.3. The van der Waals surface area contributed by atoms with Gasteiger partial charge in [0.05, 0.1) is 5.75 Å². The minimum atomic E-state index is -2.88. The maximum Gasteiger partial charge on any atom is 0.191 e. The maximum absolute atomic E-state index is 11.3. The Kier molecular flexibility index (Phi) is 8.37. The first-order valence-electron chi connectivity index (χ1n) is 9.34. The first-order valence-corrected chi connectivity index (χ1v) is 12.3. The fraction of sp³-hybridized carbons (Fsp3) is 0.722. The fourth-order valence-electron chi connectivity index (χ4n) is 3.00. The SMILES string of the molecule is CCNC(=NCC(C)c1ccsc1)NC1CCN(CCS(C)(=O)=O)CC1. The first kappa shape index (κ1) is 21.2. The number of rotatable bonds is 8. The smallest absolute Gasteiger partial charge is 0.191 e. The highest BCUT2D eigenvalue weighted by atomic mass is 32.2. The zero-order chi connectivity index (χ0) is 19.0. The average molecular weight is 401 g/mol. The molecule has 0 aliphatic carbocycles. The normalized spacial score (nSPS) is 18.7. The standard InChI is InChI=1S/C18H32N4O2S2/c1-4-19-18(20-13-15(2)16-7-11-25-14-16)21-17-5-8-22(9-6-17)10-12-26(3,23)24/h7,11,14-15,17H,4-6,8-10,12-13H2,1-3H3,(H2,19,20,21). The van der Waals surface area contributed by atoms with Crippen molar-refractivity contribution in [3.05, 3.63) is 22.4 Å². The molecule has 0 amide bonds. The summed E-state index contributed by atoms with van der Waals surface area (Å²) in [6, 6.07) is 2.55. The Morgan fingerprint density at radius 2 is 2.15 bits per heavy atom. The lowest BCUT2D eigenvalue weighted by Gasteiger charge is -2.33. The van der Waals surface area contributed by atoms with E-state index in [2.05, 4.69) is 46.2 Å². The molecule has 2 rings (SSSR count). The Morgan fingerprint density at radius 1 is 1.42 bits per heavy atom. The van der Waals surface area contributed by atoms with E-state index in [1.165, 1.54) is 11.8 Å². The van der Waals surface area contributed by atoms with Gasteiger partial charge in [0.1, 0.15) is 9.84 Å². The summed E-state index contributed by atoms with van der Waals surface area (Å²) in [5, 5.41) is 11.2. The number of hydrogen-bond donors (Lipinski definition) is 2. The number of sulfone groups is 1. The third kappa shape index (κ3) is 7.63. The number of piperidine rings is 1. The van der Waals surface area contributed by atoms with Crippen molar-refractivity contribution in [2.24, 2.45) is 4.99 Å². The lowest BCUT2D eigenvalue weighted by molar-refractivity contribution is 0.216. The van der Waals surface area contributed by atoms with Crippen LogP contribution >= 0.6 is 11.3 Å². The van der Waals surface area contributed by atoms with E-state index in [0.717, 1.165) is 45.0 Å². The van der Waals surface area contributed by atoms with Crippen LogP contribution < -0.4 is 10.6 Å². The van der Waals surface area contributed by atoms with Gasteiger partial charge in [0.15, 0.2) is 5.96 Å². The van der Waals surface area contributed by atoms with Gasteiger partial charge in [-0.25, -0.2) is 8.42 Å². The molecule has 2 N–H and O–H groups in total. The minimum absolute atomic E-state index is 0.246. The molecule has 148 valence electrons. The van der Waals surface area contributed by atoms with Crippen LogP contribution in [0, 0.1) is 0 Å². The van der Waals surface area contributed by atoms with Gasteiger partial charge in [-0.2, -0.15) is 11.3 Å². The van der Waals surface area contributed by atoms with Gasteiger partial charge in [-0.15, -0.1) is 0 Å². The van der Waals surface area contributed by atoms with E-state index >= 15 is 0 Å². The largest absolute Gasteiger partial charge is 0.357 e. The number of thiophene rings is 1. The third-order valence-electron chi connectivity index (χ3n) is 4.69. The third-order valence-corrected chi connectivity index (χ3v) is 6.31. The molecule has 1 aliphatic heterocycles. The van der Waals surface area contributed by atoms with E-state index in [0.29, 0.717) is 18.5 Å².